The van der Waals surface area contributed by atoms with E-state index in [-0.39, 0.29) is 12.6 Å². The number of aromatic nitrogens is 2. The first kappa shape index (κ1) is 18.0. The molecule has 1 saturated carbocycles. The van der Waals surface area contributed by atoms with Crippen molar-refractivity contribution in [2.75, 3.05) is 0 Å². The Labute approximate surface area is 151 Å². The van der Waals surface area contributed by atoms with Crippen molar-refractivity contribution in [3.63, 3.8) is 0 Å². The Kier molecular flexibility index (Phi) is 4.90. The summed E-state index contributed by atoms with van der Waals surface area (Å²) in [6.45, 7) is 2.17. The van der Waals surface area contributed by atoms with Crippen LogP contribution in [0.3, 0.4) is 0 Å². The van der Waals surface area contributed by atoms with Crippen LogP contribution in [-0.4, -0.2) is 26.6 Å². The van der Waals surface area contributed by atoms with E-state index in [0.717, 1.165) is 28.4 Å². The molecule has 0 N–H and O–H groups in total. The van der Waals surface area contributed by atoms with Crippen molar-refractivity contribution in [2.24, 2.45) is 7.05 Å². The average molecular weight is 416 g/mol. The van der Waals surface area contributed by atoms with Gasteiger partial charge in [0.05, 0.1) is 0 Å². The van der Waals surface area contributed by atoms with Crippen molar-refractivity contribution < 1.29 is 18.0 Å². The molecule has 0 radical (unpaired) electrons. The van der Waals surface area contributed by atoms with Crippen LogP contribution in [0.15, 0.2) is 22.7 Å². The lowest BCUT2D eigenvalue weighted by Crippen LogP contribution is -2.33. The Morgan fingerprint density at radius 1 is 1.44 bits per heavy atom. The molecule has 0 bridgehead atoms. The van der Waals surface area contributed by atoms with Gasteiger partial charge >= 0.3 is 0 Å². The molecule has 1 aromatic carbocycles. The molecular weight excluding hydrogens is 399 g/mol. The number of rotatable bonds is 5. The molecule has 1 aliphatic carbocycles. The highest BCUT2D eigenvalue weighted by atomic mass is 79.9. The van der Waals surface area contributed by atoms with Crippen LogP contribution in [0, 0.1) is 12.9 Å². The first-order valence-electron chi connectivity index (χ1n) is 7.86. The molecule has 1 aromatic heterocycles. The van der Waals surface area contributed by atoms with Crippen molar-refractivity contribution in [3.05, 3.63) is 51.0 Å². The molecule has 1 heterocycles. The molecular formula is C17H17BrF3N3O. The Balaban J connectivity index is 1.95. The number of hydrogen-bond acceptors (Lipinski definition) is 2. The largest absolute Gasteiger partial charge is 0.331 e. The van der Waals surface area contributed by atoms with Gasteiger partial charge in [0.1, 0.15) is 11.3 Å². The zero-order chi connectivity index (χ0) is 18.3. The zero-order valence-corrected chi connectivity index (χ0v) is 15.4. The van der Waals surface area contributed by atoms with Gasteiger partial charge in [-0.2, -0.15) is 9.49 Å². The van der Waals surface area contributed by atoms with Gasteiger partial charge in [0, 0.05) is 24.1 Å². The second kappa shape index (κ2) is 6.82. The van der Waals surface area contributed by atoms with Gasteiger partial charge in [0.2, 0.25) is 5.95 Å². The summed E-state index contributed by atoms with van der Waals surface area (Å²) in [4.78, 5) is 14.3. The maximum atomic E-state index is 14.3. The van der Waals surface area contributed by atoms with Gasteiger partial charge in [-0.05, 0) is 37.0 Å². The van der Waals surface area contributed by atoms with Gasteiger partial charge in [-0.1, -0.05) is 28.1 Å². The Morgan fingerprint density at radius 3 is 2.68 bits per heavy atom. The number of nitrogens with zero attached hydrogens (tertiary/aromatic N) is 3. The predicted molar refractivity (Wildman–Crippen MR) is 89.9 cm³/mol. The summed E-state index contributed by atoms with van der Waals surface area (Å²) in [6.07, 6.45) is -1.45. The van der Waals surface area contributed by atoms with Gasteiger partial charge in [-0.3, -0.25) is 4.79 Å². The number of alkyl halides is 2. The van der Waals surface area contributed by atoms with Crippen LogP contribution in [-0.2, 0) is 13.6 Å². The van der Waals surface area contributed by atoms with Crippen molar-refractivity contribution >= 4 is 21.8 Å². The summed E-state index contributed by atoms with van der Waals surface area (Å²) in [6, 6.07) is 5.63. The van der Waals surface area contributed by atoms with Crippen LogP contribution in [0.2, 0.25) is 0 Å². The fourth-order valence-corrected chi connectivity index (χ4v) is 3.35. The number of benzene rings is 1. The third kappa shape index (κ3) is 3.58. The summed E-state index contributed by atoms with van der Waals surface area (Å²) < 4.78 is 42.1. The molecule has 25 heavy (non-hydrogen) atoms. The fraction of sp³-hybridized carbons (Fsp3) is 0.412. The first-order valence-corrected chi connectivity index (χ1v) is 8.65. The minimum absolute atomic E-state index is 0.0640. The highest BCUT2D eigenvalue weighted by Gasteiger charge is 2.38. The Morgan fingerprint density at radius 2 is 2.12 bits per heavy atom. The number of halogens is 4. The van der Waals surface area contributed by atoms with E-state index in [9.17, 15) is 18.0 Å². The monoisotopic (exact) mass is 415 g/mol. The molecule has 1 aliphatic rings. The molecule has 0 saturated heterocycles. The van der Waals surface area contributed by atoms with Crippen LogP contribution in [0.25, 0.3) is 0 Å². The van der Waals surface area contributed by atoms with Crippen LogP contribution in [0.1, 0.15) is 46.4 Å². The normalized spacial score (nSPS) is 14.2. The minimum atomic E-state index is -3.01. The van der Waals surface area contributed by atoms with Gasteiger partial charge in [0.25, 0.3) is 12.3 Å². The third-order valence-corrected chi connectivity index (χ3v) is 4.96. The van der Waals surface area contributed by atoms with E-state index in [0.29, 0.717) is 4.68 Å². The van der Waals surface area contributed by atoms with Crippen LogP contribution < -0.4 is 0 Å². The molecule has 1 fully saturated rings. The molecule has 134 valence electrons. The van der Waals surface area contributed by atoms with Crippen LogP contribution in [0.5, 0.6) is 0 Å². The highest BCUT2D eigenvalue weighted by molar-refractivity contribution is 9.10. The van der Waals surface area contributed by atoms with E-state index in [1.807, 2.05) is 25.1 Å². The SMILES string of the molecule is Cc1ccc(CN(C(=O)c2c(C(F)F)nn(C)c2F)C2CC2)c(Br)c1. The van der Waals surface area contributed by atoms with Gasteiger partial charge in [0.15, 0.2) is 0 Å². The minimum Gasteiger partial charge on any atom is -0.331 e. The highest BCUT2D eigenvalue weighted by Crippen LogP contribution is 2.33. The lowest BCUT2D eigenvalue weighted by molar-refractivity contribution is 0.0712. The molecule has 0 atom stereocenters. The van der Waals surface area contributed by atoms with Crippen molar-refractivity contribution in [1.29, 1.82) is 0 Å². The second-order valence-electron chi connectivity index (χ2n) is 6.23. The molecule has 1 amide bonds. The first-order chi connectivity index (χ1) is 11.8. The van der Waals surface area contributed by atoms with Gasteiger partial charge < -0.3 is 4.90 Å². The van der Waals surface area contributed by atoms with Crippen LogP contribution in [0.4, 0.5) is 13.2 Å². The number of hydrogen-bond donors (Lipinski definition) is 0. The molecule has 8 heteroatoms. The van der Waals surface area contributed by atoms with Crippen LogP contribution >= 0.6 is 15.9 Å². The predicted octanol–water partition coefficient (Wildman–Crippen LogP) is 4.37. The lowest BCUT2D eigenvalue weighted by atomic mass is 10.1. The molecule has 4 nitrogen and oxygen atoms in total. The summed E-state index contributed by atoms with van der Waals surface area (Å²) >= 11 is 3.46. The summed E-state index contributed by atoms with van der Waals surface area (Å²) in [5.41, 5.74) is 0.457. The van der Waals surface area contributed by atoms with Crippen molar-refractivity contribution in [1.82, 2.24) is 14.7 Å². The van der Waals surface area contributed by atoms with Crippen molar-refractivity contribution in [2.45, 2.75) is 38.8 Å². The second-order valence-corrected chi connectivity index (χ2v) is 7.09. The van der Waals surface area contributed by atoms with E-state index < -0.39 is 29.5 Å². The molecule has 2 aromatic rings. The summed E-state index contributed by atoms with van der Waals surface area (Å²) in [7, 11) is 1.20. The van der Waals surface area contributed by atoms with E-state index in [4.69, 9.17) is 0 Å². The van der Waals surface area contributed by atoms with Crippen molar-refractivity contribution in [3.8, 4) is 0 Å². The molecule has 3 rings (SSSR count). The lowest BCUT2D eigenvalue weighted by Gasteiger charge is -2.23. The van der Waals surface area contributed by atoms with E-state index in [2.05, 4.69) is 21.0 Å². The standard InChI is InChI=1S/C17H17BrF3N3O/c1-9-3-4-10(12(18)7-9)8-24(11-5-6-11)17(25)13-14(15(19)20)22-23(2)16(13)21/h3-4,7,11,15H,5-6,8H2,1-2H3. The molecule has 0 spiro atoms. The maximum absolute atomic E-state index is 14.3. The smallest absolute Gasteiger partial charge is 0.283 e. The topological polar surface area (TPSA) is 38.1 Å². The van der Waals surface area contributed by atoms with E-state index in [1.54, 1.807) is 0 Å². The number of aryl methyl sites for hydroxylation is 2. The van der Waals surface area contributed by atoms with E-state index >= 15 is 0 Å². The quantitative estimate of drug-likeness (QED) is 0.726. The Hall–Kier alpha value is -1.83. The maximum Gasteiger partial charge on any atom is 0.283 e. The zero-order valence-electron chi connectivity index (χ0n) is 13.8. The molecule has 0 aliphatic heterocycles. The number of amides is 1. The Bertz CT molecular complexity index is 818. The number of carbonyl (C=O) groups is 1. The van der Waals surface area contributed by atoms with E-state index in [1.165, 1.54) is 11.9 Å². The summed E-state index contributed by atoms with van der Waals surface area (Å²) in [5, 5.41) is 3.46. The van der Waals surface area contributed by atoms with Gasteiger partial charge in [-0.25, -0.2) is 13.5 Å². The third-order valence-electron chi connectivity index (χ3n) is 4.22. The molecule has 0 unspecified atom stereocenters. The van der Waals surface area contributed by atoms with Gasteiger partial charge in [-0.15, -0.1) is 0 Å². The number of carbonyl (C=O) groups excluding carboxylic acids is 1. The fourth-order valence-electron chi connectivity index (χ4n) is 2.73. The average Bonchev–Trinajstić information content (AvgIpc) is 3.33. The summed E-state index contributed by atoms with van der Waals surface area (Å²) in [5.74, 6) is -1.77.